The van der Waals surface area contributed by atoms with Gasteiger partial charge >= 0.3 is 5.97 Å². The summed E-state index contributed by atoms with van der Waals surface area (Å²) in [6, 6.07) is 2.91. The van der Waals surface area contributed by atoms with Crippen molar-refractivity contribution in [2.75, 3.05) is 7.11 Å². The van der Waals surface area contributed by atoms with Crippen LogP contribution in [0.3, 0.4) is 0 Å². The van der Waals surface area contributed by atoms with Gasteiger partial charge in [-0.25, -0.2) is 19.2 Å². The van der Waals surface area contributed by atoms with E-state index >= 15 is 0 Å². The Kier molecular flexibility index (Phi) is 6.58. The van der Waals surface area contributed by atoms with Gasteiger partial charge in [-0.05, 0) is 44.9 Å². The Balaban J connectivity index is 2.07. The van der Waals surface area contributed by atoms with E-state index in [1.165, 1.54) is 19.2 Å². The highest BCUT2D eigenvalue weighted by Crippen LogP contribution is 2.34. The van der Waals surface area contributed by atoms with Crippen LogP contribution in [-0.2, 0) is 9.47 Å². The number of aryl methyl sites for hydroxylation is 1. The molecule has 0 amide bonds. The molecule has 0 aliphatic carbocycles. The van der Waals surface area contributed by atoms with Crippen LogP contribution in [0.1, 0.15) is 43.2 Å². The fraction of sp³-hybridized carbons (Fsp3) is 0.381. The molecule has 7 nitrogen and oxygen atoms in total. The molecule has 2 unspecified atom stereocenters. The molecule has 160 valence electrons. The van der Waals surface area contributed by atoms with Gasteiger partial charge in [0.15, 0.2) is 23.1 Å². The molecule has 1 N–H and O–H groups in total. The number of aromatic amines is 1. The summed E-state index contributed by atoms with van der Waals surface area (Å²) in [6.07, 6.45) is 1.63. The predicted octanol–water partition coefficient (Wildman–Crippen LogP) is 5.05. The number of nitrogens with one attached hydrogen (secondary N) is 1. The van der Waals surface area contributed by atoms with Crippen LogP contribution in [0, 0.1) is 12.7 Å². The number of benzene rings is 1. The topological polar surface area (TPSA) is 86.3 Å². The van der Waals surface area contributed by atoms with Gasteiger partial charge < -0.3 is 19.2 Å². The van der Waals surface area contributed by atoms with Crippen molar-refractivity contribution in [2.45, 2.75) is 46.5 Å². The standard InChI is InChI=1S/C21H23ClFN3O4/c1-6-11(3)29-12(4)30-21(27)17-15-10(2)9-24-20(15)26-19(25-17)13-7-8-14(22)18(28-5)16(13)23/h7-9,11-12H,6H2,1-5H3,(H,24,25,26). The minimum Gasteiger partial charge on any atom is -0.492 e. The molecule has 0 saturated carbocycles. The molecule has 0 radical (unpaired) electrons. The fourth-order valence-electron chi connectivity index (χ4n) is 3.01. The quantitative estimate of drug-likeness (QED) is 0.412. The SMILES string of the molecule is CCC(C)OC(C)OC(=O)c1nc(-c2ccc(Cl)c(OC)c2F)nc2[nH]cc(C)c12. The van der Waals surface area contributed by atoms with Crippen molar-refractivity contribution in [1.29, 1.82) is 0 Å². The lowest BCUT2D eigenvalue weighted by molar-refractivity contribution is -0.126. The van der Waals surface area contributed by atoms with Crippen molar-refractivity contribution in [3.8, 4) is 17.1 Å². The average molecular weight is 436 g/mol. The summed E-state index contributed by atoms with van der Waals surface area (Å²) in [5.74, 6) is -1.54. The van der Waals surface area contributed by atoms with Crippen LogP contribution in [0.4, 0.5) is 4.39 Å². The Hall–Kier alpha value is -2.71. The lowest BCUT2D eigenvalue weighted by Gasteiger charge is -2.18. The fourth-order valence-corrected chi connectivity index (χ4v) is 3.23. The first-order valence-corrected chi connectivity index (χ1v) is 9.89. The highest BCUT2D eigenvalue weighted by atomic mass is 35.5. The maximum Gasteiger partial charge on any atom is 0.360 e. The van der Waals surface area contributed by atoms with E-state index in [1.54, 1.807) is 13.1 Å². The molecular weight excluding hydrogens is 413 g/mol. The normalized spacial score (nSPS) is 13.3. The first kappa shape index (κ1) is 22.0. The lowest BCUT2D eigenvalue weighted by Crippen LogP contribution is -2.23. The Morgan fingerprint density at radius 1 is 1.30 bits per heavy atom. The van der Waals surface area contributed by atoms with E-state index in [2.05, 4.69) is 15.0 Å². The van der Waals surface area contributed by atoms with Crippen molar-refractivity contribution >= 4 is 28.6 Å². The molecular formula is C21H23ClFN3O4. The molecule has 0 bridgehead atoms. The third-order valence-electron chi connectivity index (χ3n) is 4.69. The minimum atomic E-state index is -0.771. The maximum atomic E-state index is 14.9. The van der Waals surface area contributed by atoms with Gasteiger partial charge in [0.05, 0.1) is 29.2 Å². The number of carbonyl (C=O) groups excluding carboxylic acids is 1. The average Bonchev–Trinajstić information content (AvgIpc) is 3.08. The van der Waals surface area contributed by atoms with Crippen LogP contribution in [-0.4, -0.2) is 40.4 Å². The predicted molar refractivity (Wildman–Crippen MR) is 111 cm³/mol. The number of H-pyrrole nitrogens is 1. The first-order chi connectivity index (χ1) is 14.3. The summed E-state index contributed by atoms with van der Waals surface area (Å²) in [7, 11) is 1.31. The van der Waals surface area contributed by atoms with E-state index in [9.17, 15) is 9.18 Å². The van der Waals surface area contributed by atoms with Gasteiger partial charge in [-0.1, -0.05) is 18.5 Å². The number of carbonyl (C=O) groups is 1. The number of ether oxygens (including phenoxy) is 3. The zero-order valence-electron chi connectivity index (χ0n) is 17.4. The van der Waals surface area contributed by atoms with Crippen molar-refractivity contribution in [2.24, 2.45) is 0 Å². The van der Waals surface area contributed by atoms with Crippen molar-refractivity contribution in [1.82, 2.24) is 15.0 Å². The second-order valence-electron chi connectivity index (χ2n) is 6.86. The Morgan fingerprint density at radius 2 is 2.03 bits per heavy atom. The molecule has 9 heteroatoms. The molecule has 3 rings (SSSR count). The summed E-state index contributed by atoms with van der Waals surface area (Å²) in [4.78, 5) is 24.6. The summed E-state index contributed by atoms with van der Waals surface area (Å²) < 4.78 is 31.0. The highest BCUT2D eigenvalue weighted by molar-refractivity contribution is 6.32. The van der Waals surface area contributed by atoms with Gasteiger partial charge in [-0.15, -0.1) is 0 Å². The monoisotopic (exact) mass is 435 g/mol. The Morgan fingerprint density at radius 3 is 2.70 bits per heavy atom. The summed E-state index contributed by atoms with van der Waals surface area (Å²) in [5.41, 5.74) is 1.20. The van der Waals surface area contributed by atoms with Crippen molar-refractivity contribution in [3.63, 3.8) is 0 Å². The number of esters is 1. The van der Waals surface area contributed by atoms with Crippen LogP contribution in [0.15, 0.2) is 18.3 Å². The zero-order valence-corrected chi connectivity index (χ0v) is 18.1. The van der Waals surface area contributed by atoms with Crippen LogP contribution in [0.5, 0.6) is 5.75 Å². The lowest BCUT2D eigenvalue weighted by atomic mass is 10.1. The number of methoxy groups -OCH3 is 1. The molecule has 2 aromatic heterocycles. The number of aromatic nitrogens is 3. The van der Waals surface area contributed by atoms with Gasteiger partial charge in [0.2, 0.25) is 6.29 Å². The third kappa shape index (κ3) is 4.24. The van der Waals surface area contributed by atoms with Gasteiger partial charge in [-0.2, -0.15) is 0 Å². The van der Waals surface area contributed by atoms with Crippen LogP contribution >= 0.6 is 11.6 Å². The van der Waals surface area contributed by atoms with E-state index in [0.717, 1.165) is 12.0 Å². The minimum absolute atomic E-state index is 0.000681. The Labute approximate surface area is 178 Å². The molecule has 2 heterocycles. The Bertz CT molecular complexity index is 1090. The maximum absolute atomic E-state index is 14.9. The van der Waals surface area contributed by atoms with Crippen LogP contribution < -0.4 is 4.74 Å². The van der Waals surface area contributed by atoms with Crippen LogP contribution in [0.25, 0.3) is 22.4 Å². The summed E-state index contributed by atoms with van der Waals surface area (Å²) in [5, 5.41) is 0.618. The summed E-state index contributed by atoms with van der Waals surface area (Å²) in [6.45, 7) is 7.30. The van der Waals surface area contributed by atoms with E-state index < -0.39 is 18.1 Å². The van der Waals surface area contributed by atoms with Gasteiger partial charge in [-0.3, -0.25) is 0 Å². The number of rotatable bonds is 7. The molecule has 0 spiro atoms. The molecule has 0 fully saturated rings. The van der Waals surface area contributed by atoms with Gasteiger partial charge in [0.1, 0.15) is 5.65 Å². The van der Waals surface area contributed by atoms with E-state index in [1.807, 2.05) is 20.8 Å². The largest absolute Gasteiger partial charge is 0.492 e. The van der Waals surface area contributed by atoms with Gasteiger partial charge in [0.25, 0.3) is 0 Å². The number of fused-ring (bicyclic) bond motifs is 1. The van der Waals surface area contributed by atoms with E-state index in [4.69, 9.17) is 25.8 Å². The molecule has 0 aliphatic rings. The summed E-state index contributed by atoms with van der Waals surface area (Å²) >= 11 is 5.98. The number of halogens is 2. The van der Waals surface area contributed by atoms with Crippen molar-refractivity contribution < 1.29 is 23.4 Å². The molecule has 0 aliphatic heterocycles. The number of hydrogen-bond acceptors (Lipinski definition) is 6. The smallest absolute Gasteiger partial charge is 0.360 e. The van der Waals surface area contributed by atoms with Gasteiger partial charge in [0, 0.05) is 6.20 Å². The molecule has 0 saturated heterocycles. The van der Waals surface area contributed by atoms with Crippen molar-refractivity contribution in [3.05, 3.63) is 40.4 Å². The molecule has 3 aromatic rings. The molecule has 2 atom stereocenters. The third-order valence-corrected chi connectivity index (χ3v) is 4.99. The zero-order chi connectivity index (χ0) is 22.0. The number of hydrogen-bond donors (Lipinski definition) is 1. The second-order valence-corrected chi connectivity index (χ2v) is 7.27. The first-order valence-electron chi connectivity index (χ1n) is 9.51. The second kappa shape index (κ2) is 8.97. The van der Waals surface area contributed by atoms with E-state index in [0.29, 0.717) is 11.0 Å². The van der Waals surface area contributed by atoms with Crippen LogP contribution in [0.2, 0.25) is 5.02 Å². The molecule has 30 heavy (non-hydrogen) atoms. The molecule has 1 aromatic carbocycles. The highest BCUT2D eigenvalue weighted by Gasteiger charge is 2.24. The number of nitrogens with zero attached hydrogens (tertiary/aromatic N) is 2. The van der Waals surface area contributed by atoms with E-state index in [-0.39, 0.29) is 34.0 Å².